The second-order valence-electron chi connectivity index (χ2n) is 3.20. The van der Waals surface area contributed by atoms with Gasteiger partial charge in [0, 0.05) is 17.4 Å². The van der Waals surface area contributed by atoms with E-state index in [1.807, 2.05) is 19.9 Å². The highest BCUT2D eigenvalue weighted by molar-refractivity contribution is 7.80. The molecule has 0 aromatic heterocycles. The van der Waals surface area contributed by atoms with Gasteiger partial charge in [-0.3, -0.25) is 9.78 Å². The fourth-order valence-electron chi connectivity index (χ4n) is 1.36. The van der Waals surface area contributed by atoms with Gasteiger partial charge in [0.2, 0.25) is 0 Å². The monoisotopic (exact) mass is 226 g/mol. The van der Waals surface area contributed by atoms with E-state index < -0.39 is 5.97 Å². The van der Waals surface area contributed by atoms with Crippen LogP contribution in [0.4, 0.5) is 0 Å². The van der Waals surface area contributed by atoms with Crippen LogP contribution in [-0.2, 0) is 16.1 Å². The first-order chi connectivity index (χ1) is 7.06. The van der Waals surface area contributed by atoms with Gasteiger partial charge in [-0.1, -0.05) is 6.92 Å². The van der Waals surface area contributed by atoms with Crippen molar-refractivity contribution in [3.05, 3.63) is 23.3 Å². The van der Waals surface area contributed by atoms with Gasteiger partial charge in [-0.05, 0) is 31.0 Å². The van der Waals surface area contributed by atoms with Crippen molar-refractivity contribution in [3.8, 4) is 5.75 Å². The molecule has 0 spiro atoms. The van der Waals surface area contributed by atoms with Crippen LogP contribution in [0.5, 0.6) is 5.75 Å². The lowest BCUT2D eigenvalue weighted by molar-refractivity contribution is -0.211. The second kappa shape index (κ2) is 5.07. The molecule has 1 rings (SSSR count). The number of thiol groups is 1. The summed E-state index contributed by atoms with van der Waals surface area (Å²) in [6, 6.07) is 3.56. The smallest absolute Gasteiger partial charge is 0.287 e. The average Bonchev–Trinajstić information content (AvgIpc) is 2.17. The van der Waals surface area contributed by atoms with Gasteiger partial charge in [-0.2, -0.15) is 0 Å². The molecular weight excluding hydrogens is 212 g/mol. The van der Waals surface area contributed by atoms with Crippen LogP contribution in [0, 0.1) is 6.92 Å². The largest absolute Gasteiger partial charge is 0.352 e. The van der Waals surface area contributed by atoms with E-state index in [0.717, 1.165) is 22.4 Å². The molecular formula is C11H14O3S. The number of hydrogen-bond donors (Lipinski definition) is 1. The minimum Gasteiger partial charge on any atom is -0.287 e. The molecule has 0 fully saturated rings. The van der Waals surface area contributed by atoms with E-state index >= 15 is 0 Å². The number of carbonyl (C=O) groups is 1. The molecule has 0 radical (unpaired) electrons. The van der Waals surface area contributed by atoms with Crippen molar-refractivity contribution in [1.29, 1.82) is 0 Å². The summed E-state index contributed by atoms with van der Waals surface area (Å²) in [5.41, 5.74) is 2.05. The minimum absolute atomic E-state index is 0.470. The van der Waals surface area contributed by atoms with Gasteiger partial charge in [0.25, 0.3) is 0 Å². The molecule has 0 atom stereocenters. The van der Waals surface area contributed by atoms with Crippen LogP contribution in [0.15, 0.2) is 17.0 Å². The SMILES string of the molecule is CCc1c(S)ccc(OOC(C)=O)c1C. The van der Waals surface area contributed by atoms with Crippen LogP contribution >= 0.6 is 12.6 Å². The number of carbonyl (C=O) groups excluding carboxylic acids is 1. The molecule has 0 heterocycles. The second-order valence-corrected chi connectivity index (χ2v) is 3.68. The zero-order chi connectivity index (χ0) is 11.4. The van der Waals surface area contributed by atoms with Crippen molar-refractivity contribution < 1.29 is 14.6 Å². The van der Waals surface area contributed by atoms with Crippen molar-refractivity contribution in [2.24, 2.45) is 0 Å². The van der Waals surface area contributed by atoms with Crippen LogP contribution in [0.1, 0.15) is 25.0 Å². The van der Waals surface area contributed by atoms with Crippen molar-refractivity contribution in [2.75, 3.05) is 0 Å². The van der Waals surface area contributed by atoms with E-state index in [4.69, 9.17) is 4.89 Å². The maximum atomic E-state index is 10.6. The molecule has 0 saturated carbocycles. The number of rotatable bonds is 3. The quantitative estimate of drug-likeness (QED) is 0.489. The lowest BCUT2D eigenvalue weighted by atomic mass is 10.1. The highest BCUT2D eigenvalue weighted by Gasteiger charge is 2.09. The normalized spacial score (nSPS) is 9.87. The lowest BCUT2D eigenvalue weighted by Gasteiger charge is -2.11. The third-order valence-corrected chi connectivity index (χ3v) is 2.55. The molecule has 0 aliphatic heterocycles. The molecule has 0 unspecified atom stereocenters. The topological polar surface area (TPSA) is 35.5 Å². The highest BCUT2D eigenvalue weighted by Crippen LogP contribution is 2.27. The summed E-state index contributed by atoms with van der Waals surface area (Å²) in [7, 11) is 0. The standard InChI is InChI=1S/C11H14O3S/c1-4-9-7(2)10(5-6-11(9)15)14-13-8(3)12/h5-6,15H,4H2,1-3H3. The molecule has 4 heteroatoms. The third-order valence-electron chi connectivity index (χ3n) is 2.13. The molecule has 15 heavy (non-hydrogen) atoms. The van der Waals surface area contributed by atoms with Gasteiger partial charge < -0.3 is 0 Å². The molecule has 0 aliphatic carbocycles. The first kappa shape index (κ1) is 11.9. The predicted octanol–water partition coefficient (Wildman–Crippen LogP) is 2.70. The maximum Gasteiger partial charge on any atom is 0.352 e. The summed E-state index contributed by atoms with van der Waals surface area (Å²) in [4.78, 5) is 20.9. The van der Waals surface area contributed by atoms with Crippen LogP contribution in [-0.4, -0.2) is 5.97 Å². The Morgan fingerprint density at radius 2 is 2.13 bits per heavy atom. The molecule has 0 saturated heterocycles. The molecule has 0 amide bonds. The highest BCUT2D eigenvalue weighted by atomic mass is 32.1. The predicted molar refractivity (Wildman–Crippen MR) is 60.2 cm³/mol. The van der Waals surface area contributed by atoms with Crippen molar-refractivity contribution in [2.45, 2.75) is 32.1 Å². The van der Waals surface area contributed by atoms with Gasteiger partial charge in [0.15, 0.2) is 5.75 Å². The number of benzene rings is 1. The van der Waals surface area contributed by atoms with E-state index in [2.05, 4.69) is 17.5 Å². The van der Waals surface area contributed by atoms with E-state index in [-0.39, 0.29) is 0 Å². The van der Waals surface area contributed by atoms with Crippen LogP contribution in [0.3, 0.4) is 0 Å². The van der Waals surface area contributed by atoms with Gasteiger partial charge >= 0.3 is 5.97 Å². The van der Waals surface area contributed by atoms with Gasteiger partial charge in [-0.15, -0.1) is 12.6 Å². The Hall–Kier alpha value is -1.16. The Morgan fingerprint density at radius 3 is 2.67 bits per heavy atom. The third kappa shape index (κ3) is 2.89. The lowest BCUT2D eigenvalue weighted by Crippen LogP contribution is -2.05. The van der Waals surface area contributed by atoms with Gasteiger partial charge in [-0.25, -0.2) is 4.79 Å². The van der Waals surface area contributed by atoms with Crippen LogP contribution < -0.4 is 4.89 Å². The summed E-state index contributed by atoms with van der Waals surface area (Å²) in [5, 5.41) is 0. The molecule has 0 N–H and O–H groups in total. The summed E-state index contributed by atoms with van der Waals surface area (Å²) in [6.45, 7) is 5.25. The average molecular weight is 226 g/mol. The van der Waals surface area contributed by atoms with Crippen LogP contribution in [0.2, 0.25) is 0 Å². The first-order valence-electron chi connectivity index (χ1n) is 4.72. The van der Waals surface area contributed by atoms with Gasteiger partial charge in [0.1, 0.15) is 0 Å². The summed E-state index contributed by atoms with van der Waals surface area (Å²) < 4.78 is 0. The Kier molecular flexibility index (Phi) is 4.03. The Labute approximate surface area is 94.7 Å². The van der Waals surface area contributed by atoms with Crippen molar-refractivity contribution in [1.82, 2.24) is 0 Å². The van der Waals surface area contributed by atoms with E-state index in [9.17, 15) is 4.79 Å². The molecule has 1 aromatic carbocycles. The van der Waals surface area contributed by atoms with Gasteiger partial charge in [0.05, 0.1) is 0 Å². The Morgan fingerprint density at radius 1 is 1.47 bits per heavy atom. The molecule has 82 valence electrons. The Bertz CT molecular complexity index is 374. The minimum atomic E-state index is -0.470. The zero-order valence-corrected chi connectivity index (χ0v) is 9.93. The summed E-state index contributed by atoms with van der Waals surface area (Å²) in [6.07, 6.45) is 0.863. The van der Waals surface area contributed by atoms with Crippen molar-refractivity contribution in [3.63, 3.8) is 0 Å². The first-order valence-corrected chi connectivity index (χ1v) is 5.17. The van der Waals surface area contributed by atoms with E-state index in [0.29, 0.717) is 5.75 Å². The molecule has 3 nitrogen and oxygen atoms in total. The van der Waals surface area contributed by atoms with E-state index in [1.54, 1.807) is 6.07 Å². The fraction of sp³-hybridized carbons (Fsp3) is 0.364. The zero-order valence-electron chi connectivity index (χ0n) is 9.03. The molecule has 0 bridgehead atoms. The number of hydrogen-bond acceptors (Lipinski definition) is 4. The Balaban J connectivity index is 2.94. The maximum absolute atomic E-state index is 10.6. The molecule has 0 aliphatic rings. The fourth-order valence-corrected chi connectivity index (χ4v) is 1.76. The van der Waals surface area contributed by atoms with Crippen LogP contribution in [0.25, 0.3) is 0 Å². The summed E-state index contributed by atoms with van der Waals surface area (Å²) in [5.74, 6) is 0.0854. The molecule has 1 aromatic rings. The van der Waals surface area contributed by atoms with E-state index in [1.165, 1.54) is 6.92 Å². The van der Waals surface area contributed by atoms with Crippen molar-refractivity contribution >= 4 is 18.6 Å². The summed E-state index contributed by atoms with van der Waals surface area (Å²) >= 11 is 4.34.